The molecule has 0 saturated carbocycles. The first kappa shape index (κ1) is 10.6. The smallest absolute Gasteiger partial charge is 0.0510 e. The third-order valence-corrected chi connectivity index (χ3v) is 1.30. The van der Waals surface area contributed by atoms with Gasteiger partial charge in [0.05, 0.1) is 6.54 Å². The molecule has 1 aromatic carbocycles. The molecule has 0 bridgehead atoms. The van der Waals surface area contributed by atoms with E-state index in [0.717, 1.165) is 11.3 Å². The minimum atomic E-state index is 0. The molecule has 1 aromatic rings. The zero-order chi connectivity index (χ0) is 8.10. The zero-order valence-corrected chi connectivity index (χ0v) is 7.16. The molecule has 0 atom stereocenters. The summed E-state index contributed by atoms with van der Waals surface area (Å²) in [6, 6.07) is 7.23. The second-order valence-corrected chi connectivity index (χ2v) is 2.13. The minimum absolute atomic E-state index is 0. The zero-order valence-electron chi connectivity index (χ0n) is 6.34. The summed E-state index contributed by atoms with van der Waals surface area (Å²) in [7, 11) is 0. The number of azide groups is 1. The highest BCUT2D eigenvalue weighted by atomic mass is 35.5. The summed E-state index contributed by atoms with van der Waals surface area (Å²) in [4.78, 5) is 2.65. The van der Waals surface area contributed by atoms with Crippen LogP contribution in [-0.4, -0.2) is 0 Å². The SMILES string of the molecule is Cl.[N-]=[N+]=NCc1ccc(N)cc1. The molecule has 0 aliphatic carbocycles. The lowest BCUT2D eigenvalue weighted by Crippen LogP contribution is -1.84. The molecule has 0 amide bonds. The maximum atomic E-state index is 8.02. The number of benzene rings is 1. The van der Waals surface area contributed by atoms with Crippen molar-refractivity contribution >= 4 is 18.1 Å². The van der Waals surface area contributed by atoms with Gasteiger partial charge in [-0.1, -0.05) is 17.2 Å². The van der Waals surface area contributed by atoms with Crippen LogP contribution in [0.5, 0.6) is 0 Å². The van der Waals surface area contributed by atoms with Gasteiger partial charge in [-0.05, 0) is 23.2 Å². The number of rotatable bonds is 2. The van der Waals surface area contributed by atoms with Crippen LogP contribution < -0.4 is 5.73 Å². The van der Waals surface area contributed by atoms with Gasteiger partial charge in [0, 0.05) is 10.6 Å². The first-order valence-corrected chi connectivity index (χ1v) is 3.18. The highest BCUT2D eigenvalue weighted by Crippen LogP contribution is 2.05. The maximum absolute atomic E-state index is 8.02. The number of nitrogens with zero attached hydrogens (tertiary/aromatic N) is 3. The normalized spacial score (nSPS) is 8.00. The van der Waals surface area contributed by atoms with Crippen molar-refractivity contribution < 1.29 is 0 Å². The van der Waals surface area contributed by atoms with Crippen molar-refractivity contribution in [1.82, 2.24) is 0 Å². The topological polar surface area (TPSA) is 74.8 Å². The fourth-order valence-electron chi connectivity index (χ4n) is 0.736. The van der Waals surface area contributed by atoms with Crippen LogP contribution >= 0.6 is 12.4 Å². The van der Waals surface area contributed by atoms with E-state index in [1.807, 2.05) is 12.1 Å². The van der Waals surface area contributed by atoms with E-state index in [-0.39, 0.29) is 12.4 Å². The van der Waals surface area contributed by atoms with Crippen molar-refractivity contribution in [3.8, 4) is 0 Å². The molecule has 2 N–H and O–H groups in total. The van der Waals surface area contributed by atoms with Gasteiger partial charge in [-0.15, -0.1) is 12.4 Å². The number of hydrogen-bond acceptors (Lipinski definition) is 2. The molecule has 0 aliphatic rings. The Bertz CT molecular complexity index is 276. The van der Waals surface area contributed by atoms with Crippen LogP contribution in [0.25, 0.3) is 10.4 Å². The third-order valence-electron chi connectivity index (χ3n) is 1.30. The van der Waals surface area contributed by atoms with Gasteiger partial charge in [-0.3, -0.25) is 0 Å². The number of hydrogen-bond donors (Lipinski definition) is 1. The Labute approximate surface area is 76.4 Å². The summed E-state index contributed by atoms with van der Waals surface area (Å²) < 4.78 is 0. The quantitative estimate of drug-likeness (QED) is 0.326. The van der Waals surface area contributed by atoms with Gasteiger partial charge in [-0.25, -0.2) is 0 Å². The Kier molecular flexibility index (Phi) is 4.69. The molecule has 0 fully saturated rings. The van der Waals surface area contributed by atoms with E-state index >= 15 is 0 Å². The summed E-state index contributed by atoms with van der Waals surface area (Å²) in [5, 5.41) is 3.41. The number of anilines is 1. The second kappa shape index (κ2) is 5.29. The number of halogens is 1. The molecule has 0 aliphatic heterocycles. The fourth-order valence-corrected chi connectivity index (χ4v) is 0.736. The first-order chi connectivity index (χ1) is 5.33. The van der Waals surface area contributed by atoms with Gasteiger partial charge in [0.25, 0.3) is 0 Å². The molecular weight excluding hydrogens is 176 g/mol. The van der Waals surface area contributed by atoms with Crippen LogP contribution in [0.4, 0.5) is 5.69 Å². The van der Waals surface area contributed by atoms with Gasteiger partial charge in [0.1, 0.15) is 0 Å². The molecular formula is C7H9ClN4. The highest BCUT2D eigenvalue weighted by Gasteiger charge is 1.88. The van der Waals surface area contributed by atoms with E-state index in [1.54, 1.807) is 12.1 Å². The Morgan fingerprint density at radius 2 is 1.92 bits per heavy atom. The lowest BCUT2D eigenvalue weighted by molar-refractivity contribution is 1.05. The predicted octanol–water partition coefficient (Wildman–Crippen LogP) is 2.50. The number of nitrogen functional groups attached to an aromatic ring is 1. The maximum Gasteiger partial charge on any atom is 0.0510 e. The molecule has 64 valence electrons. The van der Waals surface area contributed by atoms with Crippen molar-refractivity contribution in [3.63, 3.8) is 0 Å². The lowest BCUT2D eigenvalue weighted by Gasteiger charge is -1.94. The third kappa shape index (κ3) is 3.14. The Morgan fingerprint density at radius 1 is 1.33 bits per heavy atom. The van der Waals surface area contributed by atoms with Gasteiger partial charge >= 0.3 is 0 Å². The summed E-state index contributed by atoms with van der Waals surface area (Å²) in [6.07, 6.45) is 0. The number of nitrogens with two attached hydrogens (primary N) is 1. The Hall–Kier alpha value is -1.38. The van der Waals surface area contributed by atoms with Crippen LogP contribution in [0, 0.1) is 0 Å². The highest BCUT2D eigenvalue weighted by molar-refractivity contribution is 5.85. The summed E-state index contributed by atoms with van der Waals surface area (Å²) in [5.41, 5.74) is 15.2. The van der Waals surface area contributed by atoms with Gasteiger partial charge < -0.3 is 5.73 Å². The molecule has 0 spiro atoms. The van der Waals surface area contributed by atoms with Crippen LogP contribution in [0.15, 0.2) is 29.4 Å². The van der Waals surface area contributed by atoms with Crippen LogP contribution in [0.1, 0.15) is 5.56 Å². The van der Waals surface area contributed by atoms with Crippen molar-refractivity contribution in [3.05, 3.63) is 40.3 Å². The van der Waals surface area contributed by atoms with Crippen molar-refractivity contribution in [2.24, 2.45) is 5.11 Å². The molecule has 0 heterocycles. The van der Waals surface area contributed by atoms with Crippen LogP contribution in [0.3, 0.4) is 0 Å². The van der Waals surface area contributed by atoms with Crippen molar-refractivity contribution in [2.75, 3.05) is 5.73 Å². The predicted molar refractivity (Wildman–Crippen MR) is 51.0 cm³/mol. The molecule has 4 nitrogen and oxygen atoms in total. The first-order valence-electron chi connectivity index (χ1n) is 3.18. The van der Waals surface area contributed by atoms with Crippen molar-refractivity contribution in [2.45, 2.75) is 6.54 Å². The molecule has 5 heteroatoms. The van der Waals surface area contributed by atoms with Crippen molar-refractivity contribution in [1.29, 1.82) is 0 Å². The van der Waals surface area contributed by atoms with Crippen LogP contribution in [-0.2, 0) is 6.54 Å². The van der Waals surface area contributed by atoms with Gasteiger partial charge in [0.15, 0.2) is 0 Å². The standard InChI is InChI=1S/C7H8N4.ClH/c8-7-3-1-6(2-4-7)5-10-11-9;/h1-4H,5,8H2;1H. The van der Waals surface area contributed by atoms with Gasteiger partial charge in [-0.2, -0.15) is 0 Å². The van der Waals surface area contributed by atoms with E-state index in [1.165, 1.54) is 0 Å². The summed E-state index contributed by atoms with van der Waals surface area (Å²) in [6.45, 7) is 0.386. The largest absolute Gasteiger partial charge is 0.399 e. The van der Waals surface area contributed by atoms with E-state index in [4.69, 9.17) is 11.3 Å². The van der Waals surface area contributed by atoms with Gasteiger partial charge in [0.2, 0.25) is 0 Å². The van der Waals surface area contributed by atoms with E-state index in [2.05, 4.69) is 10.0 Å². The van der Waals surface area contributed by atoms with E-state index in [0.29, 0.717) is 6.54 Å². The fraction of sp³-hybridized carbons (Fsp3) is 0.143. The average Bonchev–Trinajstić information content (AvgIpc) is 2.04. The van der Waals surface area contributed by atoms with E-state index < -0.39 is 0 Å². The Balaban J connectivity index is 0.00000121. The molecule has 0 aromatic heterocycles. The second-order valence-electron chi connectivity index (χ2n) is 2.13. The van der Waals surface area contributed by atoms with E-state index in [9.17, 15) is 0 Å². The monoisotopic (exact) mass is 184 g/mol. The Morgan fingerprint density at radius 3 is 2.42 bits per heavy atom. The lowest BCUT2D eigenvalue weighted by atomic mass is 10.2. The molecule has 1 rings (SSSR count). The molecule has 0 unspecified atom stereocenters. The molecule has 12 heavy (non-hydrogen) atoms. The molecule has 0 saturated heterocycles. The average molecular weight is 185 g/mol. The van der Waals surface area contributed by atoms with Crippen LogP contribution in [0.2, 0.25) is 0 Å². The summed E-state index contributed by atoms with van der Waals surface area (Å²) >= 11 is 0. The summed E-state index contributed by atoms with van der Waals surface area (Å²) in [5.74, 6) is 0. The minimum Gasteiger partial charge on any atom is -0.399 e. The molecule has 0 radical (unpaired) electrons.